The highest BCUT2D eigenvalue weighted by Gasteiger charge is 2.26. The van der Waals surface area contributed by atoms with Gasteiger partial charge in [-0.05, 0) is 36.6 Å². The Morgan fingerprint density at radius 1 is 0.909 bits per heavy atom. The van der Waals surface area contributed by atoms with E-state index >= 15 is 0 Å². The molecular formula is C24H29N3O6. The molecule has 0 bridgehead atoms. The Morgan fingerprint density at radius 3 is 2.12 bits per heavy atom. The normalized spacial score (nSPS) is 13.2. The van der Waals surface area contributed by atoms with Crippen molar-refractivity contribution in [3.8, 4) is 5.75 Å². The molecule has 0 aromatic heterocycles. The van der Waals surface area contributed by atoms with Gasteiger partial charge in [0.15, 0.2) is 0 Å². The van der Waals surface area contributed by atoms with Crippen molar-refractivity contribution in [1.82, 2.24) is 16.0 Å². The van der Waals surface area contributed by atoms with Gasteiger partial charge in [-0.1, -0.05) is 42.5 Å². The molecule has 3 atom stereocenters. The number of rotatable bonds is 12. The summed E-state index contributed by atoms with van der Waals surface area (Å²) in [6.45, 7) is 0.683. The zero-order valence-electron chi connectivity index (χ0n) is 18.6. The molecule has 176 valence electrons. The van der Waals surface area contributed by atoms with Crippen LogP contribution in [0.2, 0.25) is 0 Å². The minimum absolute atomic E-state index is 0.152. The van der Waals surface area contributed by atoms with Crippen LogP contribution in [-0.4, -0.2) is 61.0 Å². The first kappa shape index (κ1) is 25.5. The summed E-state index contributed by atoms with van der Waals surface area (Å²) >= 11 is 0. The number of nitrogens with one attached hydrogen (secondary N) is 3. The number of benzene rings is 2. The minimum atomic E-state index is -1.00. The number of aliphatic hydroxyl groups is 1. The summed E-state index contributed by atoms with van der Waals surface area (Å²) in [6, 6.07) is 13.5. The molecule has 0 spiro atoms. The standard InChI is InChI=1S/C24H29N3O6/c1-16(25-22(30)15-29)23(31)27-21(13-18-8-10-20(33-2)11-9-18)24(32)26-19(14-28)12-17-6-4-3-5-7-17/h3-11,14,16,19,21,29H,12-13,15H2,1-2H3,(H,25,30)(H,26,32)(H,27,31). The Labute approximate surface area is 192 Å². The molecule has 0 radical (unpaired) electrons. The molecule has 9 heteroatoms. The summed E-state index contributed by atoms with van der Waals surface area (Å²) in [4.78, 5) is 48.6. The minimum Gasteiger partial charge on any atom is -0.497 e. The Hall–Kier alpha value is -3.72. The second-order valence-corrected chi connectivity index (χ2v) is 7.50. The molecule has 9 nitrogen and oxygen atoms in total. The Balaban J connectivity index is 2.14. The van der Waals surface area contributed by atoms with E-state index in [0.717, 1.165) is 11.1 Å². The summed E-state index contributed by atoms with van der Waals surface area (Å²) < 4.78 is 5.14. The van der Waals surface area contributed by atoms with Gasteiger partial charge in [0.25, 0.3) is 0 Å². The fraction of sp³-hybridized carbons (Fsp3) is 0.333. The molecule has 3 unspecified atom stereocenters. The lowest BCUT2D eigenvalue weighted by Gasteiger charge is -2.23. The van der Waals surface area contributed by atoms with Crippen LogP contribution in [0.5, 0.6) is 5.75 Å². The van der Waals surface area contributed by atoms with Gasteiger partial charge in [0.2, 0.25) is 17.7 Å². The molecule has 0 fully saturated rings. The maximum absolute atomic E-state index is 13.0. The monoisotopic (exact) mass is 455 g/mol. The summed E-state index contributed by atoms with van der Waals surface area (Å²) in [5.74, 6) is -1.20. The molecular weight excluding hydrogens is 426 g/mol. The molecule has 33 heavy (non-hydrogen) atoms. The van der Waals surface area contributed by atoms with Crippen LogP contribution in [-0.2, 0) is 32.0 Å². The molecule has 2 aromatic rings. The predicted octanol–water partition coefficient (Wildman–Crippen LogP) is 0.146. The van der Waals surface area contributed by atoms with Crippen LogP contribution in [0.1, 0.15) is 18.1 Å². The Morgan fingerprint density at radius 2 is 1.55 bits per heavy atom. The van der Waals surface area contributed by atoms with Gasteiger partial charge >= 0.3 is 0 Å². The average Bonchev–Trinajstić information content (AvgIpc) is 2.83. The molecule has 2 rings (SSSR count). The summed E-state index contributed by atoms with van der Waals surface area (Å²) in [6.07, 6.45) is 1.11. The highest BCUT2D eigenvalue weighted by Crippen LogP contribution is 2.13. The third-order valence-corrected chi connectivity index (χ3v) is 4.94. The van der Waals surface area contributed by atoms with Gasteiger partial charge in [0.1, 0.15) is 30.7 Å². The largest absolute Gasteiger partial charge is 0.497 e. The number of methoxy groups -OCH3 is 1. The SMILES string of the molecule is COc1ccc(CC(NC(=O)C(C)NC(=O)CO)C(=O)NC(C=O)Cc2ccccc2)cc1. The number of ether oxygens (including phenoxy) is 1. The first-order valence-corrected chi connectivity index (χ1v) is 10.5. The maximum Gasteiger partial charge on any atom is 0.246 e. The number of aliphatic hydroxyl groups excluding tert-OH is 1. The quantitative estimate of drug-likeness (QED) is 0.337. The Kier molecular flexibility index (Phi) is 10.0. The van der Waals surface area contributed by atoms with Crippen molar-refractivity contribution in [2.45, 2.75) is 37.9 Å². The molecule has 0 aliphatic carbocycles. The highest BCUT2D eigenvalue weighted by molar-refractivity contribution is 5.92. The highest BCUT2D eigenvalue weighted by atomic mass is 16.5. The lowest BCUT2D eigenvalue weighted by molar-refractivity contribution is -0.133. The van der Waals surface area contributed by atoms with Gasteiger partial charge in [0.05, 0.1) is 13.2 Å². The number of amides is 3. The third kappa shape index (κ3) is 8.38. The van der Waals surface area contributed by atoms with Crippen LogP contribution in [0.3, 0.4) is 0 Å². The van der Waals surface area contributed by atoms with Gasteiger partial charge < -0.3 is 30.6 Å². The van der Waals surface area contributed by atoms with Crippen molar-refractivity contribution in [1.29, 1.82) is 0 Å². The number of hydrogen-bond donors (Lipinski definition) is 4. The van der Waals surface area contributed by atoms with Crippen molar-refractivity contribution in [3.63, 3.8) is 0 Å². The fourth-order valence-corrected chi connectivity index (χ4v) is 3.14. The summed E-state index contributed by atoms with van der Waals surface area (Å²) in [5.41, 5.74) is 1.64. The van der Waals surface area contributed by atoms with Crippen molar-refractivity contribution < 1.29 is 29.0 Å². The zero-order chi connectivity index (χ0) is 24.2. The number of aldehydes is 1. The molecule has 0 aliphatic heterocycles. The molecule has 0 heterocycles. The zero-order valence-corrected chi connectivity index (χ0v) is 18.6. The molecule has 3 amide bonds. The maximum atomic E-state index is 13.0. The van der Waals surface area contributed by atoms with Gasteiger partial charge in [-0.2, -0.15) is 0 Å². The van der Waals surface area contributed by atoms with Gasteiger partial charge in [-0.3, -0.25) is 14.4 Å². The molecule has 0 saturated heterocycles. The topological polar surface area (TPSA) is 134 Å². The lowest BCUT2D eigenvalue weighted by atomic mass is 10.0. The van der Waals surface area contributed by atoms with Crippen LogP contribution >= 0.6 is 0 Å². The summed E-state index contributed by atoms with van der Waals surface area (Å²) in [5, 5.41) is 16.5. The average molecular weight is 456 g/mol. The first-order valence-electron chi connectivity index (χ1n) is 10.5. The Bertz CT molecular complexity index is 933. The van der Waals surface area contributed by atoms with Crippen LogP contribution in [0.25, 0.3) is 0 Å². The van der Waals surface area contributed by atoms with Crippen molar-refractivity contribution in [2.24, 2.45) is 0 Å². The first-order chi connectivity index (χ1) is 15.9. The second-order valence-electron chi connectivity index (χ2n) is 7.50. The number of hydrogen-bond acceptors (Lipinski definition) is 6. The number of carbonyl (C=O) groups excluding carboxylic acids is 4. The van der Waals surface area contributed by atoms with E-state index in [2.05, 4.69) is 16.0 Å². The van der Waals surface area contributed by atoms with Crippen LogP contribution in [0, 0.1) is 0 Å². The van der Waals surface area contributed by atoms with E-state index in [9.17, 15) is 19.2 Å². The van der Waals surface area contributed by atoms with Crippen molar-refractivity contribution in [3.05, 3.63) is 65.7 Å². The predicted molar refractivity (Wildman–Crippen MR) is 121 cm³/mol. The molecule has 4 N–H and O–H groups in total. The lowest BCUT2D eigenvalue weighted by Crippen LogP contribution is -2.55. The van der Waals surface area contributed by atoms with E-state index in [0.29, 0.717) is 18.5 Å². The van der Waals surface area contributed by atoms with Crippen LogP contribution in [0.4, 0.5) is 0 Å². The van der Waals surface area contributed by atoms with E-state index in [1.54, 1.807) is 31.4 Å². The smallest absolute Gasteiger partial charge is 0.246 e. The molecule has 0 aliphatic rings. The van der Waals surface area contributed by atoms with E-state index in [-0.39, 0.29) is 6.42 Å². The fourth-order valence-electron chi connectivity index (χ4n) is 3.14. The van der Waals surface area contributed by atoms with E-state index in [1.807, 2.05) is 30.3 Å². The van der Waals surface area contributed by atoms with E-state index < -0.39 is 42.5 Å². The van der Waals surface area contributed by atoms with Crippen molar-refractivity contribution in [2.75, 3.05) is 13.7 Å². The molecule has 0 saturated carbocycles. The molecule has 2 aromatic carbocycles. The van der Waals surface area contributed by atoms with Crippen LogP contribution < -0.4 is 20.7 Å². The van der Waals surface area contributed by atoms with Gasteiger partial charge in [0, 0.05) is 6.42 Å². The van der Waals surface area contributed by atoms with Crippen LogP contribution in [0.15, 0.2) is 54.6 Å². The number of carbonyl (C=O) groups is 4. The van der Waals surface area contributed by atoms with Crippen molar-refractivity contribution >= 4 is 24.0 Å². The second kappa shape index (κ2) is 13.0. The van der Waals surface area contributed by atoms with Gasteiger partial charge in [-0.15, -0.1) is 0 Å². The summed E-state index contributed by atoms with van der Waals surface area (Å²) in [7, 11) is 1.54. The van der Waals surface area contributed by atoms with Gasteiger partial charge in [-0.25, -0.2) is 0 Å². The van der Waals surface area contributed by atoms with E-state index in [1.165, 1.54) is 6.92 Å². The third-order valence-electron chi connectivity index (χ3n) is 4.94. The van der Waals surface area contributed by atoms with E-state index in [4.69, 9.17) is 9.84 Å².